The quantitative estimate of drug-likeness (QED) is 0.832. The van der Waals surface area contributed by atoms with Gasteiger partial charge in [-0.1, -0.05) is 6.92 Å². The molecule has 0 aliphatic heterocycles. The van der Waals surface area contributed by atoms with Gasteiger partial charge in [0.25, 0.3) is 0 Å². The van der Waals surface area contributed by atoms with Crippen molar-refractivity contribution in [2.75, 3.05) is 5.73 Å². The molecule has 0 amide bonds. The average molecular weight is 221 g/mol. The lowest BCUT2D eigenvalue weighted by Gasteiger charge is -2.26. The van der Waals surface area contributed by atoms with Crippen molar-refractivity contribution in [2.24, 2.45) is 5.92 Å². The number of aromatic nitrogens is 2. The second-order valence-electron chi connectivity index (χ2n) is 4.68. The van der Waals surface area contributed by atoms with Crippen molar-refractivity contribution in [2.45, 2.75) is 45.6 Å². The molecule has 4 heteroatoms. The normalized spacial score (nSPS) is 25.4. The first-order valence-corrected chi connectivity index (χ1v) is 5.91. The third kappa shape index (κ3) is 2.84. The van der Waals surface area contributed by atoms with Crippen LogP contribution in [0, 0.1) is 12.8 Å². The van der Waals surface area contributed by atoms with Crippen molar-refractivity contribution in [3.8, 4) is 5.88 Å². The van der Waals surface area contributed by atoms with Crippen LogP contribution >= 0.6 is 0 Å². The van der Waals surface area contributed by atoms with E-state index >= 15 is 0 Å². The van der Waals surface area contributed by atoms with E-state index in [2.05, 4.69) is 16.9 Å². The molecule has 1 aliphatic carbocycles. The van der Waals surface area contributed by atoms with E-state index in [1.165, 1.54) is 12.8 Å². The van der Waals surface area contributed by atoms with E-state index in [1.807, 2.05) is 6.92 Å². The Kier molecular flexibility index (Phi) is 3.27. The van der Waals surface area contributed by atoms with Gasteiger partial charge < -0.3 is 10.5 Å². The predicted molar refractivity (Wildman–Crippen MR) is 63.2 cm³/mol. The van der Waals surface area contributed by atoms with Gasteiger partial charge in [-0.3, -0.25) is 0 Å². The van der Waals surface area contributed by atoms with Gasteiger partial charge >= 0.3 is 0 Å². The fourth-order valence-electron chi connectivity index (χ4n) is 2.14. The van der Waals surface area contributed by atoms with Crippen LogP contribution in [0.2, 0.25) is 0 Å². The number of aryl methyl sites for hydroxylation is 1. The van der Waals surface area contributed by atoms with Crippen molar-refractivity contribution in [1.82, 2.24) is 9.97 Å². The molecule has 1 aliphatic rings. The zero-order valence-electron chi connectivity index (χ0n) is 9.94. The number of anilines is 1. The molecular weight excluding hydrogens is 202 g/mol. The molecule has 2 N–H and O–H groups in total. The molecule has 16 heavy (non-hydrogen) atoms. The van der Waals surface area contributed by atoms with Gasteiger partial charge in [-0.2, -0.15) is 4.98 Å². The summed E-state index contributed by atoms with van der Waals surface area (Å²) in [5.74, 6) is 2.59. The Bertz CT molecular complexity index is 339. The van der Waals surface area contributed by atoms with Crippen LogP contribution in [0.4, 0.5) is 5.82 Å². The van der Waals surface area contributed by atoms with Crippen LogP contribution in [0.25, 0.3) is 0 Å². The summed E-state index contributed by atoms with van der Waals surface area (Å²) >= 11 is 0. The molecule has 0 spiro atoms. The molecular formula is C12H19N3O. The van der Waals surface area contributed by atoms with Crippen LogP contribution in [-0.4, -0.2) is 16.1 Å². The smallest absolute Gasteiger partial charge is 0.218 e. The topological polar surface area (TPSA) is 61.0 Å². The van der Waals surface area contributed by atoms with Crippen LogP contribution < -0.4 is 10.5 Å². The predicted octanol–water partition coefficient (Wildman–Crippen LogP) is 2.32. The Labute approximate surface area is 96.2 Å². The van der Waals surface area contributed by atoms with Crippen LogP contribution in [0.1, 0.15) is 38.4 Å². The van der Waals surface area contributed by atoms with E-state index in [1.54, 1.807) is 6.07 Å². The largest absolute Gasteiger partial charge is 0.474 e. The Balaban J connectivity index is 1.98. The number of hydrogen-bond donors (Lipinski definition) is 1. The minimum absolute atomic E-state index is 0.296. The van der Waals surface area contributed by atoms with Crippen molar-refractivity contribution >= 4 is 5.82 Å². The average Bonchev–Trinajstić information content (AvgIpc) is 2.20. The lowest BCUT2D eigenvalue weighted by Crippen LogP contribution is -2.23. The standard InChI is InChI=1S/C12H19N3O/c1-8-3-5-10(6-4-8)16-12-7-11(13)14-9(2)15-12/h7-8,10H,3-6H2,1-2H3,(H2,13,14,15). The molecule has 1 aromatic rings. The first kappa shape index (κ1) is 11.2. The van der Waals surface area contributed by atoms with E-state index in [9.17, 15) is 0 Å². The maximum atomic E-state index is 5.83. The van der Waals surface area contributed by atoms with E-state index in [0.29, 0.717) is 23.6 Å². The zero-order chi connectivity index (χ0) is 11.5. The summed E-state index contributed by atoms with van der Waals surface area (Å²) in [6, 6.07) is 1.70. The number of nitrogen functional groups attached to an aromatic ring is 1. The molecule has 1 fully saturated rings. The molecule has 0 atom stereocenters. The third-order valence-electron chi connectivity index (χ3n) is 3.08. The van der Waals surface area contributed by atoms with Crippen LogP contribution in [0.15, 0.2) is 6.07 Å². The Morgan fingerprint density at radius 2 is 1.94 bits per heavy atom. The minimum Gasteiger partial charge on any atom is -0.474 e. The second kappa shape index (κ2) is 4.68. The molecule has 0 aromatic carbocycles. The molecule has 1 aromatic heterocycles. The van der Waals surface area contributed by atoms with Gasteiger partial charge in [0.05, 0.1) is 0 Å². The summed E-state index contributed by atoms with van der Waals surface area (Å²) in [5, 5.41) is 0. The highest BCUT2D eigenvalue weighted by atomic mass is 16.5. The van der Waals surface area contributed by atoms with E-state index in [4.69, 9.17) is 10.5 Å². The zero-order valence-corrected chi connectivity index (χ0v) is 9.94. The highest BCUT2D eigenvalue weighted by Gasteiger charge is 2.20. The fraction of sp³-hybridized carbons (Fsp3) is 0.667. The van der Waals surface area contributed by atoms with Crippen LogP contribution in [0.5, 0.6) is 5.88 Å². The van der Waals surface area contributed by atoms with Crippen molar-refractivity contribution in [1.29, 1.82) is 0 Å². The molecule has 4 nitrogen and oxygen atoms in total. The van der Waals surface area contributed by atoms with E-state index in [0.717, 1.165) is 18.8 Å². The first-order valence-electron chi connectivity index (χ1n) is 5.91. The van der Waals surface area contributed by atoms with Gasteiger partial charge in [0.1, 0.15) is 17.7 Å². The summed E-state index contributed by atoms with van der Waals surface area (Å²) < 4.78 is 5.83. The van der Waals surface area contributed by atoms with Crippen LogP contribution in [0.3, 0.4) is 0 Å². The molecule has 2 rings (SSSR count). The molecule has 88 valence electrons. The van der Waals surface area contributed by atoms with Crippen LogP contribution in [-0.2, 0) is 0 Å². The van der Waals surface area contributed by atoms with E-state index < -0.39 is 0 Å². The summed E-state index contributed by atoms with van der Waals surface area (Å²) in [6.07, 6.45) is 5.01. The van der Waals surface area contributed by atoms with Gasteiger partial charge in [0.15, 0.2) is 0 Å². The monoisotopic (exact) mass is 221 g/mol. The number of nitrogens with two attached hydrogens (primary N) is 1. The lowest BCUT2D eigenvalue weighted by molar-refractivity contribution is 0.130. The van der Waals surface area contributed by atoms with Gasteiger partial charge in [-0.05, 0) is 38.5 Å². The van der Waals surface area contributed by atoms with Gasteiger partial charge in [0, 0.05) is 6.07 Å². The fourth-order valence-corrected chi connectivity index (χ4v) is 2.14. The second-order valence-corrected chi connectivity index (χ2v) is 4.68. The van der Waals surface area contributed by atoms with Gasteiger partial charge in [-0.15, -0.1) is 0 Å². The minimum atomic E-state index is 0.296. The SMILES string of the molecule is Cc1nc(N)cc(OC2CCC(C)CC2)n1. The summed E-state index contributed by atoms with van der Waals surface area (Å²) in [7, 11) is 0. The third-order valence-corrected chi connectivity index (χ3v) is 3.08. The summed E-state index contributed by atoms with van der Waals surface area (Å²) in [5.41, 5.74) is 5.66. The number of rotatable bonds is 2. The van der Waals surface area contributed by atoms with E-state index in [-0.39, 0.29) is 0 Å². The van der Waals surface area contributed by atoms with Gasteiger partial charge in [-0.25, -0.2) is 4.98 Å². The van der Waals surface area contributed by atoms with Crippen molar-refractivity contribution in [3.63, 3.8) is 0 Å². The maximum absolute atomic E-state index is 5.83. The Morgan fingerprint density at radius 3 is 2.56 bits per heavy atom. The summed E-state index contributed by atoms with van der Waals surface area (Å²) in [6.45, 7) is 4.12. The summed E-state index contributed by atoms with van der Waals surface area (Å²) in [4.78, 5) is 8.26. The van der Waals surface area contributed by atoms with Crippen molar-refractivity contribution in [3.05, 3.63) is 11.9 Å². The lowest BCUT2D eigenvalue weighted by atomic mass is 9.89. The number of ether oxygens (including phenoxy) is 1. The molecule has 0 saturated heterocycles. The molecule has 1 heterocycles. The first-order chi connectivity index (χ1) is 7.63. The highest BCUT2D eigenvalue weighted by molar-refractivity contribution is 5.32. The molecule has 0 radical (unpaired) electrons. The highest BCUT2D eigenvalue weighted by Crippen LogP contribution is 2.26. The maximum Gasteiger partial charge on any atom is 0.218 e. The Morgan fingerprint density at radius 1 is 1.25 bits per heavy atom. The number of hydrogen-bond acceptors (Lipinski definition) is 4. The van der Waals surface area contributed by atoms with Crippen molar-refractivity contribution < 1.29 is 4.74 Å². The molecule has 0 bridgehead atoms. The van der Waals surface area contributed by atoms with Gasteiger partial charge in [0.2, 0.25) is 5.88 Å². The molecule has 0 unspecified atom stereocenters. The molecule has 1 saturated carbocycles. The Hall–Kier alpha value is -1.32. The number of nitrogens with zero attached hydrogens (tertiary/aromatic N) is 2.